The van der Waals surface area contributed by atoms with Gasteiger partial charge in [0.05, 0.1) is 27.7 Å². The largest absolute Gasteiger partial charge is 0.378 e. The summed E-state index contributed by atoms with van der Waals surface area (Å²) in [6.07, 6.45) is 5.94. The Morgan fingerprint density at radius 2 is 1.70 bits per heavy atom. The van der Waals surface area contributed by atoms with Gasteiger partial charge in [0, 0.05) is 39.4 Å². The van der Waals surface area contributed by atoms with E-state index in [-0.39, 0.29) is 5.92 Å². The predicted molar refractivity (Wildman–Crippen MR) is 113 cm³/mol. The summed E-state index contributed by atoms with van der Waals surface area (Å²) in [5, 5.41) is 8.71. The molecule has 1 heterocycles. The highest BCUT2D eigenvalue weighted by atomic mass is 32.1. The van der Waals surface area contributed by atoms with E-state index in [1.54, 1.807) is 0 Å². The molecule has 0 amide bonds. The Kier molecular flexibility index (Phi) is 5.51. The standard InChI is InChI=1S/C20H23N5OS/c1-13-6-11-16(17(12-13)27-26)19-18(22-23-20(21-19)25(4)5)14-7-9-15(10-8-14)24(2)3/h6-12,16H,1-5H3. The van der Waals surface area contributed by atoms with Crippen LogP contribution in [0.2, 0.25) is 0 Å². The van der Waals surface area contributed by atoms with Crippen LogP contribution in [0.3, 0.4) is 0 Å². The Morgan fingerprint density at radius 3 is 2.30 bits per heavy atom. The van der Waals surface area contributed by atoms with Crippen molar-refractivity contribution in [3.8, 4) is 11.3 Å². The molecule has 140 valence electrons. The summed E-state index contributed by atoms with van der Waals surface area (Å²) in [5.41, 5.74) is 4.52. The third-order valence-corrected chi connectivity index (χ3v) is 4.94. The zero-order valence-electron chi connectivity index (χ0n) is 16.2. The topological polar surface area (TPSA) is 62.2 Å². The molecule has 27 heavy (non-hydrogen) atoms. The number of anilines is 2. The fourth-order valence-electron chi connectivity index (χ4n) is 2.87. The summed E-state index contributed by atoms with van der Waals surface area (Å²) in [4.78, 5) is 9.31. The average Bonchev–Trinajstić information content (AvgIpc) is 2.67. The second-order valence-corrected chi connectivity index (χ2v) is 7.53. The minimum atomic E-state index is -0.228. The van der Waals surface area contributed by atoms with Gasteiger partial charge in [0.2, 0.25) is 5.95 Å². The smallest absolute Gasteiger partial charge is 0.245 e. The average molecular weight is 382 g/mol. The van der Waals surface area contributed by atoms with Crippen molar-refractivity contribution in [2.45, 2.75) is 12.8 Å². The van der Waals surface area contributed by atoms with Gasteiger partial charge in [-0.3, -0.25) is 0 Å². The summed E-state index contributed by atoms with van der Waals surface area (Å²) in [7, 11) is 7.75. The van der Waals surface area contributed by atoms with E-state index in [0.717, 1.165) is 22.5 Å². The molecule has 1 atom stereocenters. The number of rotatable bonds is 4. The van der Waals surface area contributed by atoms with Gasteiger partial charge in [-0.25, -0.2) is 9.19 Å². The van der Waals surface area contributed by atoms with Gasteiger partial charge in [-0.15, -0.1) is 10.2 Å². The van der Waals surface area contributed by atoms with E-state index in [1.165, 1.54) is 0 Å². The highest BCUT2D eigenvalue weighted by Crippen LogP contribution is 2.31. The quantitative estimate of drug-likeness (QED) is 0.759. The van der Waals surface area contributed by atoms with Crippen LogP contribution in [0.5, 0.6) is 0 Å². The number of hydrogen-bond donors (Lipinski definition) is 0. The van der Waals surface area contributed by atoms with Crippen molar-refractivity contribution in [2.75, 3.05) is 38.0 Å². The molecule has 0 saturated carbocycles. The Hall–Kier alpha value is -2.80. The molecule has 0 fully saturated rings. The van der Waals surface area contributed by atoms with Crippen LogP contribution in [-0.2, 0) is 11.3 Å². The van der Waals surface area contributed by atoms with E-state index >= 15 is 0 Å². The zero-order valence-corrected chi connectivity index (χ0v) is 17.0. The van der Waals surface area contributed by atoms with Gasteiger partial charge in [-0.2, -0.15) is 0 Å². The van der Waals surface area contributed by atoms with Crippen LogP contribution in [0, 0.1) is 0 Å². The Labute approximate surface area is 163 Å². The lowest BCUT2D eigenvalue weighted by molar-refractivity contribution is 0.700. The first-order valence-electron chi connectivity index (χ1n) is 8.63. The number of allylic oxidation sites excluding steroid dienone is 4. The lowest BCUT2D eigenvalue weighted by Crippen LogP contribution is -2.20. The summed E-state index contributed by atoms with van der Waals surface area (Å²) < 4.78 is 11.7. The Morgan fingerprint density at radius 1 is 1.00 bits per heavy atom. The monoisotopic (exact) mass is 381 g/mol. The maximum absolute atomic E-state index is 11.7. The van der Waals surface area contributed by atoms with Crippen molar-refractivity contribution in [3.05, 3.63) is 53.8 Å². The van der Waals surface area contributed by atoms with E-state index in [2.05, 4.69) is 10.2 Å². The number of nitrogens with zero attached hydrogens (tertiary/aromatic N) is 5. The van der Waals surface area contributed by atoms with E-state index < -0.39 is 0 Å². The summed E-state index contributed by atoms with van der Waals surface area (Å²) >= 11 is 0.508. The molecule has 3 rings (SSSR count). The SMILES string of the molecule is CC1=CC(=S=O)C(c2nc(N(C)C)nnc2-c2ccc(N(C)C)cc2)C=C1. The van der Waals surface area contributed by atoms with Crippen molar-refractivity contribution in [1.82, 2.24) is 15.2 Å². The molecular formula is C20H23N5OS. The van der Waals surface area contributed by atoms with E-state index in [4.69, 9.17) is 4.98 Å². The summed E-state index contributed by atoms with van der Waals surface area (Å²) in [6.45, 7) is 1.98. The van der Waals surface area contributed by atoms with Crippen molar-refractivity contribution >= 4 is 27.8 Å². The molecule has 0 bridgehead atoms. The van der Waals surface area contributed by atoms with Gasteiger partial charge >= 0.3 is 0 Å². The van der Waals surface area contributed by atoms with Crippen molar-refractivity contribution in [3.63, 3.8) is 0 Å². The van der Waals surface area contributed by atoms with E-state index in [0.29, 0.717) is 27.8 Å². The lowest BCUT2D eigenvalue weighted by Gasteiger charge is -2.20. The van der Waals surface area contributed by atoms with Crippen molar-refractivity contribution in [2.24, 2.45) is 0 Å². The second-order valence-electron chi connectivity index (χ2n) is 6.89. The van der Waals surface area contributed by atoms with Crippen LogP contribution in [0.15, 0.2) is 48.1 Å². The molecule has 1 aromatic heterocycles. The molecule has 7 heteroatoms. The normalized spacial score (nSPS) is 16.1. The molecule has 0 spiro atoms. The number of hydrogen-bond acceptors (Lipinski definition) is 6. The van der Waals surface area contributed by atoms with Crippen LogP contribution < -0.4 is 9.80 Å². The highest BCUT2D eigenvalue weighted by Gasteiger charge is 2.24. The molecule has 0 aliphatic heterocycles. The fourth-order valence-corrected chi connectivity index (χ4v) is 3.39. The maximum Gasteiger partial charge on any atom is 0.245 e. The number of aromatic nitrogens is 3. The van der Waals surface area contributed by atoms with Gasteiger partial charge < -0.3 is 9.80 Å². The van der Waals surface area contributed by atoms with Crippen LogP contribution >= 0.6 is 0 Å². The predicted octanol–water partition coefficient (Wildman–Crippen LogP) is 2.66. The van der Waals surface area contributed by atoms with Gasteiger partial charge in [-0.05, 0) is 25.1 Å². The van der Waals surface area contributed by atoms with Gasteiger partial charge in [0.15, 0.2) is 0 Å². The molecule has 1 unspecified atom stereocenters. The minimum absolute atomic E-state index is 0.228. The van der Waals surface area contributed by atoms with E-state index in [1.807, 2.05) is 87.4 Å². The molecule has 1 aliphatic carbocycles. The van der Waals surface area contributed by atoms with Crippen LogP contribution in [0.1, 0.15) is 18.5 Å². The molecule has 0 saturated heterocycles. The van der Waals surface area contributed by atoms with Crippen molar-refractivity contribution < 1.29 is 4.21 Å². The summed E-state index contributed by atoms with van der Waals surface area (Å²) in [6, 6.07) is 8.10. The van der Waals surface area contributed by atoms with Gasteiger partial charge in [0.1, 0.15) is 5.69 Å². The first-order chi connectivity index (χ1) is 12.9. The van der Waals surface area contributed by atoms with Crippen LogP contribution in [-0.4, -0.2) is 52.4 Å². The van der Waals surface area contributed by atoms with Crippen molar-refractivity contribution in [1.29, 1.82) is 0 Å². The summed E-state index contributed by atoms with van der Waals surface area (Å²) in [5.74, 6) is 0.294. The molecule has 0 N–H and O–H groups in total. The fraction of sp³-hybridized carbons (Fsp3) is 0.300. The second kappa shape index (κ2) is 7.84. The molecular weight excluding hydrogens is 358 g/mol. The molecule has 2 aromatic rings. The maximum atomic E-state index is 11.7. The third-order valence-electron chi connectivity index (χ3n) is 4.38. The Bertz CT molecular complexity index is 957. The molecule has 0 radical (unpaired) electrons. The third kappa shape index (κ3) is 3.98. The van der Waals surface area contributed by atoms with E-state index in [9.17, 15) is 4.21 Å². The highest BCUT2D eigenvalue weighted by molar-refractivity contribution is 7.67. The van der Waals surface area contributed by atoms with Gasteiger partial charge in [-0.1, -0.05) is 29.9 Å². The lowest BCUT2D eigenvalue weighted by atomic mass is 9.91. The van der Waals surface area contributed by atoms with Crippen LogP contribution in [0.4, 0.5) is 11.6 Å². The van der Waals surface area contributed by atoms with Gasteiger partial charge in [0.25, 0.3) is 0 Å². The molecule has 1 aromatic carbocycles. The van der Waals surface area contributed by atoms with Crippen LogP contribution in [0.25, 0.3) is 11.3 Å². The zero-order chi connectivity index (χ0) is 19.6. The Balaban J connectivity index is 2.15. The first kappa shape index (κ1) is 19.0. The molecule has 1 aliphatic rings. The molecule has 6 nitrogen and oxygen atoms in total. The number of benzene rings is 1. The minimum Gasteiger partial charge on any atom is -0.378 e. The first-order valence-corrected chi connectivity index (χ1v) is 9.37.